The maximum absolute atomic E-state index is 6.07. The second kappa shape index (κ2) is 5.75. The Kier molecular flexibility index (Phi) is 3.97. The summed E-state index contributed by atoms with van der Waals surface area (Å²) in [5, 5.41) is 1.02. The molecule has 0 atom stereocenters. The van der Waals surface area contributed by atoms with Gasteiger partial charge in [0.05, 0.1) is 15.7 Å². The first-order chi connectivity index (χ1) is 10.0. The molecule has 0 fully saturated rings. The highest BCUT2D eigenvalue weighted by molar-refractivity contribution is 9.10. The quantitative estimate of drug-likeness (QED) is 0.643. The van der Waals surface area contributed by atoms with Crippen LogP contribution in [0.25, 0.3) is 17.2 Å². The molecule has 3 aromatic rings. The Balaban J connectivity index is 2.11. The molecule has 4 nitrogen and oxygen atoms in total. The Labute approximate surface area is 139 Å². The second-order valence-corrected chi connectivity index (χ2v) is 6.05. The summed E-state index contributed by atoms with van der Waals surface area (Å²) in [5.74, 6) is 0.550. The number of aryl methyl sites for hydroxylation is 1. The summed E-state index contributed by atoms with van der Waals surface area (Å²) in [7, 11) is 0. The minimum atomic E-state index is 0.498. The minimum Gasteiger partial charge on any atom is -0.273 e. The van der Waals surface area contributed by atoms with Crippen molar-refractivity contribution in [2.24, 2.45) is 0 Å². The first-order valence-electron chi connectivity index (χ1n) is 6.04. The van der Waals surface area contributed by atoms with Gasteiger partial charge in [-0.3, -0.25) is 4.57 Å². The van der Waals surface area contributed by atoms with Crippen LogP contribution in [0.15, 0.2) is 41.4 Å². The highest BCUT2D eigenvalue weighted by atomic mass is 79.9. The van der Waals surface area contributed by atoms with E-state index >= 15 is 0 Å². The van der Waals surface area contributed by atoms with E-state index in [2.05, 4.69) is 30.9 Å². The Morgan fingerprint density at radius 1 is 1.10 bits per heavy atom. The molecular weight excluding hydrogens is 375 g/mol. The number of hydrogen-bond acceptors (Lipinski definition) is 3. The maximum atomic E-state index is 6.07. The standard InChI is InChI=1S/C14H9BrCl2N4/c1-8-4-12(9-2-3-10(16)11(17)5-9)20-14(19-8)21-6-13(15)18-7-21/h2-7H,1H3. The van der Waals surface area contributed by atoms with E-state index in [1.807, 2.05) is 19.1 Å². The zero-order valence-electron chi connectivity index (χ0n) is 10.9. The van der Waals surface area contributed by atoms with Crippen LogP contribution < -0.4 is 0 Å². The summed E-state index contributed by atoms with van der Waals surface area (Å²) in [6.45, 7) is 1.91. The molecule has 0 aliphatic rings. The molecule has 1 aromatic carbocycles. The van der Waals surface area contributed by atoms with Crippen LogP contribution >= 0.6 is 39.1 Å². The monoisotopic (exact) mass is 382 g/mol. The molecule has 0 N–H and O–H groups in total. The van der Waals surface area contributed by atoms with Gasteiger partial charge in [0.2, 0.25) is 5.95 Å². The van der Waals surface area contributed by atoms with Crippen molar-refractivity contribution in [2.45, 2.75) is 6.92 Å². The van der Waals surface area contributed by atoms with E-state index in [9.17, 15) is 0 Å². The summed E-state index contributed by atoms with van der Waals surface area (Å²) < 4.78 is 2.47. The first kappa shape index (κ1) is 14.5. The van der Waals surface area contributed by atoms with Gasteiger partial charge in [0.15, 0.2) is 0 Å². The van der Waals surface area contributed by atoms with E-state index in [0.717, 1.165) is 21.6 Å². The smallest absolute Gasteiger partial charge is 0.235 e. The van der Waals surface area contributed by atoms with Gasteiger partial charge in [-0.25, -0.2) is 15.0 Å². The number of imidazole rings is 1. The molecule has 0 amide bonds. The van der Waals surface area contributed by atoms with Crippen molar-refractivity contribution in [1.29, 1.82) is 0 Å². The van der Waals surface area contributed by atoms with Gasteiger partial charge in [0.1, 0.15) is 10.9 Å². The third kappa shape index (κ3) is 3.10. The molecule has 7 heteroatoms. The molecule has 0 radical (unpaired) electrons. The van der Waals surface area contributed by atoms with Crippen LogP contribution in [-0.4, -0.2) is 19.5 Å². The van der Waals surface area contributed by atoms with Crippen molar-refractivity contribution in [2.75, 3.05) is 0 Å². The topological polar surface area (TPSA) is 43.6 Å². The van der Waals surface area contributed by atoms with Crippen LogP contribution in [0.2, 0.25) is 10.0 Å². The number of rotatable bonds is 2. The van der Waals surface area contributed by atoms with Crippen LogP contribution in [0.4, 0.5) is 0 Å². The molecular formula is C14H9BrCl2N4. The number of aromatic nitrogens is 4. The molecule has 0 saturated carbocycles. The van der Waals surface area contributed by atoms with Gasteiger partial charge in [0.25, 0.3) is 0 Å². The average molecular weight is 384 g/mol. The molecule has 0 saturated heterocycles. The fraction of sp³-hybridized carbons (Fsp3) is 0.0714. The van der Waals surface area contributed by atoms with Crippen molar-refractivity contribution in [1.82, 2.24) is 19.5 Å². The van der Waals surface area contributed by atoms with Gasteiger partial charge >= 0.3 is 0 Å². The second-order valence-electron chi connectivity index (χ2n) is 4.43. The predicted octanol–water partition coefficient (Wildman–Crippen LogP) is 4.71. The van der Waals surface area contributed by atoms with Gasteiger partial charge in [0, 0.05) is 17.5 Å². The van der Waals surface area contributed by atoms with Crippen molar-refractivity contribution < 1.29 is 0 Å². The van der Waals surface area contributed by atoms with Crippen LogP contribution in [0.3, 0.4) is 0 Å². The maximum Gasteiger partial charge on any atom is 0.235 e. The highest BCUT2D eigenvalue weighted by Crippen LogP contribution is 2.28. The van der Waals surface area contributed by atoms with Gasteiger partial charge in [-0.2, -0.15) is 0 Å². The van der Waals surface area contributed by atoms with Crippen LogP contribution in [0.1, 0.15) is 5.69 Å². The number of hydrogen-bond donors (Lipinski definition) is 0. The van der Waals surface area contributed by atoms with Crippen molar-refractivity contribution in [3.8, 4) is 17.2 Å². The normalized spacial score (nSPS) is 10.9. The van der Waals surface area contributed by atoms with Gasteiger partial charge < -0.3 is 0 Å². The summed E-state index contributed by atoms with van der Waals surface area (Å²) in [5.41, 5.74) is 2.52. The number of halogens is 3. The number of nitrogens with zero attached hydrogens (tertiary/aromatic N) is 4. The molecule has 0 unspecified atom stereocenters. The van der Waals surface area contributed by atoms with E-state index in [-0.39, 0.29) is 0 Å². The van der Waals surface area contributed by atoms with Crippen molar-refractivity contribution >= 4 is 39.1 Å². The zero-order valence-corrected chi connectivity index (χ0v) is 14.0. The van der Waals surface area contributed by atoms with Gasteiger partial charge in [-0.05, 0) is 41.1 Å². The molecule has 0 spiro atoms. The molecule has 3 rings (SSSR count). The molecule has 0 aliphatic carbocycles. The fourth-order valence-corrected chi connectivity index (χ4v) is 2.49. The van der Waals surface area contributed by atoms with E-state index in [1.54, 1.807) is 29.2 Å². The Hall–Kier alpha value is -1.43. The SMILES string of the molecule is Cc1cc(-c2ccc(Cl)c(Cl)c2)nc(-n2cnc(Br)c2)n1. The molecule has 2 heterocycles. The lowest BCUT2D eigenvalue weighted by Gasteiger charge is -2.07. The van der Waals surface area contributed by atoms with Crippen LogP contribution in [-0.2, 0) is 0 Å². The van der Waals surface area contributed by atoms with E-state index in [0.29, 0.717) is 16.0 Å². The lowest BCUT2D eigenvalue weighted by Crippen LogP contribution is -2.01. The van der Waals surface area contributed by atoms with E-state index in [4.69, 9.17) is 23.2 Å². The Morgan fingerprint density at radius 2 is 1.90 bits per heavy atom. The fourth-order valence-electron chi connectivity index (χ4n) is 1.88. The average Bonchev–Trinajstić information content (AvgIpc) is 2.88. The Bertz CT molecular complexity index is 816. The number of benzene rings is 1. The van der Waals surface area contributed by atoms with E-state index < -0.39 is 0 Å². The first-order valence-corrected chi connectivity index (χ1v) is 7.59. The van der Waals surface area contributed by atoms with Crippen LogP contribution in [0, 0.1) is 6.92 Å². The molecule has 0 bridgehead atoms. The van der Waals surface area contributed by atoms with Crippen molar-refractivity contribution in [3.05, 3.63) is 57.1 Å². The summed E-state index contributed by atoms with van der Waals surface area (Å²) >= 11 is 15.3. The van der Waals surface area contributed by atoms with Gasteiger partial charge in [-0.1, -0.05) is 29.3 Å². The third-order valence-electron chi connectivity index (χ3n) is 2.84. The Morgan fingerprint density at radius 3 is 2.57 bits per heavy atom. The molecule has 21 heavy (non-hydrogen) atoms. The molecule has 106 valence electrons. The molecule has 0 aliphatic heterocycles. The van der Waals surface area contributed by atoms with Gasteiger partial charge in [-0.15, -0.1) is 0 Å². The lowest BCUT2D eigenvalue weighted by molar-refractivity contribution is 0.912. The minimum absolute atomic E-state index is 0.498. The van der Waals surface area contributed by atoms with E-state index in [1.165, 1.54) is 0 Å². The molecule has 2 aromatic heterocycles. The third-order valence-corrected chi connectivity index (χ3v) is 3.99. The predicted molar refractivity (Wildman–Crippen MR) is 87.0 cm³/mol. The van der Waals surface area contributed by atoms with Crippen LogP contribution in [0.5, 0.6) is 0 Å². The highest BCUT2D eigenvalue weighted by Gasteiger charge is 2.09. The summed E-state index contributed by atoms with van der Waals surface area (Å²) in [4.78, 5) is 13.1. The summed E-state index contributed by atoms with van der Waals surface area (Å²) in [6.07, 6.45) is 3.45. The lowest BCUT2D eigenvalue weighted by atomic mass is 10.1. The zero-order chi connectivity index (χ0) is 15.0. The summed E-state index contributed by atoms with van der Waals surface area (Å²) in [6, 6.07) is 7.32. The largest absolute Gasteiger partial charge is 0.273 e. The van der Waals surface area contributed by atoms with Crippen molar-refractivity contribution in [3.63, 3.8) is 0 Å².